The lowest BCUT2D eigenvalue weighted by Crippen LogP contribution is -2.56. The Kier molecular flexibility index (Phi) is 4.74. The van der Waals surface area contributed by atoms with Gasteiger partial charge in [-0.05, 0) is 85.1 Å². The van der Waals surface area contributed by atoms with Crippen LogP contribution in [0, 0.1) is 23.2 Å². The van der Waals surface area contributed by atoms with Crippen LogP contribution in [0.1, 0.15) is 51.4 Å². The van der Waals surface area contributed by atoms with E-state index >= 15 is 0 Å². The Labute approximate surface area is 191 Å². The first-order valence-corrected chi connectivity index (χ1v) is 12.5. The third-order valence-corrected chi connectivity index (χ3v) is 8.85. The summed E-state index contributed by atoms with van der Waals surface area (Å²) >= 11 is 3.53. The summed E-state index contributed by atoms with van der Waals surface area (Å²) in [6, 6.07) is 3.24. The van der Waals surface area contributed by atoms with Gasteiger partial charge in [-0.3, -0.25) is 9.59 Å². The number of hydrogen-bond donors (Lipinski definition) is 1. The number of carbonyl (C=O) groups excluding carboxylic acids is 2. The number of rotatable bonds is 3. The third kappa shape index (κ3) is 3.35. The van der Waals surface area contributed by atoms with Crippen molar-refractivity contribution in [3.63, 3.8) is 0 Å². The van der Waals surface area contributed by atoms with Crippen LogP contribution in [0.5, 0.6) is 11.5 Å². The lowest BCUT2D eigenvalue weighted by atomic mass is 9.49. The minimum Gasteiger partial charge on any atom is -0.486 e. The topological polar surface area (TPSA) is 67.9 Å². The van der Waals surface area contributed by atoms with Crippen molar-refractivity contribution in [3.05, 3.63) is 16.6 Å². The van der Waals surface area contributed by atoms with Gasteiger partial charge in [0, 0.05) is 23.2 Å². The molecular weight excluding hydrogens is 460 g/mol. The summed E-state index contributed by atoms with van der Waals surface area (Å²) in [6.45, 7) is 1.72. The van der Waals surface area contributed by atoms with Crippen LogP contribution < -0.4 is 14.8 Å². The van der Waals surface area contributed by atoms with E-state index in [9.17, 15) is 9.59 Å². The molecule has 7 heteroatoms. The number of nitrogens with zero attached hydrogens (tertiary/aromatic N) is 1. The predicted octanol–water partition coefficient (Wildman–Crippen LogP) is 4.37. The van der Waals surface area contributed by atoms with Gasteiger partial charge in [0.1, 0.15) is 19.3 Å². The quantitative estimate of drug-likeness (QED) is 0.685. The van der Waals surface area contributed by atoms with Crippen molar-refractivity contribution in [1.29, 1.82) is 0 Å². The van der Waals surface area contributed by atoms with E-state index in [0.717, 1.165) is 54.3 Å². The number of anilines is 1. The van der Waals surface area contributed by atoms with Crippen LogP contribution in [0.25, 0.3) is 0 Å². The summed E-state index contributed by atoms with van der Waals surface area (Å²) in [5.41, 5.74) is 0.457. The molecule has 4 bridgehead atoms. The van der Waals surface area contributed by atoms with Crippen LogP contribution >= 0.6 is 15.9 Å². The molecule has 1 unspecified atom stereocenters. The normalized spacial score (nSPS) is 35.3. The van der Waals surface area contributed by atoms with Gasteiger partial charge in [-0.25, -0.2) is 0 Å². The number of nitrogens with one attached hydrogen (secondary N) is 1. The van der Waals surface area contributed by atoms with E-state index in [1.807, 2.05) is 11.0 Å². The van der Waals surface area contributed by atoms with Crippen molar-refractivity contribution in [1.82, 2.24) is 4.90 Å². The van der Waals surface area contributed by atoms with Crippen LogP contribution in [0.15, 0.2) is 16.6 Å². The van der Waals surface area contributed by atoms with E-state index in [2.05, 4.69) is 21.2 Å². The maximum Gasteiger partial charge on any atom is 0.247 e. The van der Waals surface area contributed by atoms with Crippen LogP contribution in [-0.4, -0.2) is 42.5 Å². The minimum absolute atomic E-state index is 0.104. The summed E-state index contributed by atoms with van der Waals surface area (Å²) in [4.78, 5) is 29.0. The average molecular weight is 489 g/mol. The summed E-state index contributed by atoms with van der Waals surface area (Å²) in [7, 11) is 0. The Hall–Kier alpha value is -1.76. The van der Waals surface area contributed by atoms with Crippen LogP contribution in [0.3, 0.4) is 0 Å². The molecule has 7 rings (SSSR count). The Morgan fingerprint density at radius 1 is 1.00 bits per heavy atom. The van der Waals surface area contributed by atoms with Gasteiger partial charge in [0.05, 0.1) is 11.1 Å². The highest BCUT2D eigenvalue weighted by Crippen LogP contribution is 2.60. The first-order valence-electron chi connectivity index (χ1n) is 11.7. The largest absolute Gasteiger partial charge is 0.486 e. The molecule has 1 aromatic carbocycles. The number of amides is 2. The van der Waals surface area contributed by atoms with Crippen LogP contribution in [-0.2, 0) is 9.59 Å². The number of benzene rings is 1. The molecule has 4 saturated carbocycles. The molecule has 5 fully saturated rings. The third-order valence-electron chi connectivity index (χ3n) is 8.20. The second-order valence-electron chi connectivity index (χ2n) is 10.3. The minimum atomic E-state index is -0.388. The Morgan fingerprint density at radius 3 is 2.26 bits per heavy atom. The number of carbonyl (C=O) groups is 2. The molecule has 6 aliphatic rings. The van der Waals surface area contributed by atoms with Crippen molar-refractivity contribution >= 4 is 33.4 Å². The van der Waals surface area contributed by atoms with Crippen LogP contribution in [0.4, 0.5) is 5.69 Å². The van der Waals surface area contributed by atoms with E-state index in [0.29, 0.717) is 36.9 Å². The monoisotopic (exact) mass is 488 g/mol. The molecule has 166 valence electrons. The lowest BCUT2D eigenvalue weighted by molar-refractivity contribution is -0.160. The van der Waals surface area contributed by atoms with Gasteiger partial charge in [0.25, 0.3) is 0 Å². The summed E-state index contributed by atoms with van der Waals surface area (Å²) in [6.07, 6.45) is 8.67. The smallest absolute Gasteiger partial charge is 0.247 e. The van der Waals surface area contributed by atoms with Crippen molar-refractivity contribution in [3.8, 4) is 11.5 Å². The fourth-order valence-electron chi connectivity index (χ4n) is 7.34. The molecule has 4 aliphatic carbocycles. The van der Waals surface area contributed by atoms with Crippen molar-refractivity contribution in [2.24, 2.45) is 23.2 Å². The van der Waals surface area contributed by atoms with Crippen molar-refractivity contribution < 1.29 is 19.1 Å². The molecule has 0 radical (unpaired) electrons. The number of hydrogen-bond acceptors (Lipinski definition) is 4. The van der Waals surface area contributed by atoms with E-state index < -0.39 is 0 Å². The van der Waals surface area contributed by atoms with Gasteiger partial charge in [-0.2, -0.15) is 0 Å². The first kappa shape index (κ1) is 19.9. The predicted molar refractivity (Wildman–Crippen MR) is 119 cm³/mol. The maximum atomic E-state index is 13.8. The van der Waals surface area contributed by atoms with Gasteiger partial charge in [-0.15, -0.1) is 0 Å². The number of ether oxygens (including phenoxy) is 2. The molecule has 1 saturated heterocycles. The van der Waals surface area contributed by atoms with E-state index in [-0.39, 0.29) is 23.3 Å². The zero-order chi connectivity index (χ0) is 21.2. The second kappa shape index (κ2) is 7.39. The highest BCUT2D eigenvalue weighted by Gasteiger charge is 2.56. The van der Waals surface area contributed by atoms with E-state index in [4.69, 9.17) is 9.47 Å². The fraction of sp³-hybridized carbons (Fsp3) is 0.667. The standard InChI is InChI=1S/C24H29BrN2O4/c25-17-9-20-21(31-5-4-30-20)10-18(17)26-22(28)19-2-1-3-27(19)23(29)24-11-14-6-15(12-24)8-16(7-14)13-24/h9-10,14-16,19H,1-8,11-13H2,(H,26,28). The molecule has 1 atom stereocenters. The number of halogens is 1. The van der Waals surface area contributed by atoms with Gasteiger partial charge in [0.15, 0.2) is 11.5 Å². The summed E-state index contributed by atoms with van der Waals surface area (Å²) in [5.74, 6) is 3.63. The van der Waals surface area contributed by atoms with Gasteiger partial charge >= 0.3 is 0 Å². The first-order chi connectivity index (χ1) is 15.0. The van der Waals surface area contributed by atoms with Gasteiger partial charge in [-0.1, -0.05) is 0 Å². The van der Waals surface area contributed by atoms with E-state index in [1.165, 1.54) is 19.3 Å². The number of likely N-dealkylation sites (tertiary alicyclic amines) is 1. The lowest BCUT2D eigenvalue weighted by Gasteiger charge is -2.56. The van der Waals surface area contributed by atoms with Crippen LogP contribution in [0.2, 0.25) is 0 Å². The molecule has 1 aromatic rings. The molecule has 6 nitrogen and oxygen atoms in total. The highest BCUT2D eigenvalue weighted by molar-refractivity contribution is 9.10. The summed E-state index contributed by atoms with van der Waals surface area (Å²) < 4.78 is 12.0. The van der Waals surface area contributed by atoms with Gasteiger partial charge < -0.3 is 19.7 Å². The maximum absolute atomic E-state index is 13.8. The zero-order valence-corrected chi connectivity index (χ0v) is 19.3. The molecule has 2 aliphatic heterocycles. The van der Waals surface area contributed by atoms with Crippen molar-refractivity contribution in [2.45, 2.75) is 57.4 Å². The zero-order valence-electron chi connectivity index (χ0n) is 17.7. The average Bonchev–Trinajstić information content (AvgIpc) is 3.22. The van der Waals surface area contributed by atoms with Crippen molar-refractivity contribution in [2.75, 3.05) is 25.1 Å². The Bertz CT molecular complexity index is 897. The second-order valence-corrected chi connectivity index (χ2v) is 11.2. The molecule has 0 aromatic heterocycles. The molecule has 0 spiro atoms. The highest BCUT2D eigenvalue weighted by atomic mass is 79.9. The SMILES string of the molecule is O=C(Nc1cc2c(cc1Br)OCCO2)C1CCCN1C(=O)C12CC3CC(CC(C3)C1)C2. The fourth-order valence-corrected chi connectivity index (χ4v) is 7.76. The Balaban J connectivity index is 1.20. The Morgan fingerprint density at radius 2 is 1.61 bits per heavy atom. The molecule has 31 heavy (non-hydrogen) atoms. The summed E-state index contributed by atoms with van der Waals surface area (Å²) in [5, 5.41) is 3.05. The molecular formula is C24H29BrN2O4. The molecule has 2 amide bonds. The number of fused-ring (bicyclic) bond motifs is 1. The molecule has 2 heterocycles. The van der Waals surface area contributed by atoms with Gasteiger partial charge in [0.2, 0.25) is 11.8 Å². The molecule has 1 N–H and O–H groups in total. The van der Waals surface area contributed by atoms with E-state index in [1.54, 1.807) is 6.07 Å².